The number of benzene rings is 3. The lowest BCUT2D eigenvalue weighted by Crippen LogP contribution is -2.45. The van der Waals surface area contributed by atoms with Gasteiger partial charge in [0.2, 0.25) is 5.91 Å². The number of carboxylic acid groups (broad SMARTS) is 1. The van der Waals surface area contributed by atoms with Crippen LogP contribution in [-0.2, 0) is 14.3 Å². The second kappa shape index (κ2) is 9.34. The second-order valence-corrected chi connectivity index (χ2v) is 7.48. The Balaban J connectivity index is 1.42. The van der Waals surface area contributed by atoms with Crippen LogP contribution in [0.3, 0.4) is 0 Å². The van der Waals surface area contributed by atoms with Gasteiger partial charge in [-0.2, -0.15) is 0 Å². The molecule has 3 aromatic carbocycles. The zero-order chi connectivity index (χ0) is 22.5. The fraction of sp³-hybridized carbons (Fsp3) is 0.160. The first-order chi connectivity index (χ1) is 15.5. The molecule has 0 bridgehead atoms. The fourth-order valence-electron chi connectivity index (χ4n) is 3.92. The second-order valence-electron chi connectivity index (χ2n) is 7.48. The van der Waals surface area contributed by atoms with Gasteiger partial charge >= 0.3 is 12.1 Å². The van der Waals surface area contributed by atoms with Crippen molar-refractivity contribution in [2.24, 2.45) is 0 Å². The van der Waals surface area contributed by atoms with E-state index in [1.807, 2.05) is 48.5 Å². The third-order valence-electron chi connectivity index (χ3n) is 5.37. The minimum absolute atomic E-state index is 0.0694. The molecule has 32 heavy (non-hydrogen) atoms. The number of fused-ring (bicyclic) bond motifs is 3. The number of carbonyl (C=O) groups is 3. The fourth-order valence-corrected chi connectivity index (χ4v) is 3.92. The SMILES string of the molecule is O=C(O)CC(NC(=O)OCC1c2ccccc2-c2ccccc21)C(=O)Nc1ccccc1. The molecule has 0 aromatic heterocycles. The van der Waals surface area contributed by atoms with Crippen LogP contribution in [0, 0.1) is 0 Å². The Morgan fingerprint density at radius 1 is 0.844 bits per heavy atom. The summed E-state index contributed by atoms with van der Waals surface area (Å²) in [6.07, 6.45) is -1.41. The largest absolute Gasteiger partial charge is 0.481 e. The molecular formula is C25H22N2O5. The highest BCUT2D eigenvalue weighted by Crippen LogP contribution is 2.44. The molecular weight excluding hydrogens is 408 g/mol. The number of alkyl carbamates (subject to hydrolysis) is 1. The third kappa shape index (κ3) is 4.62. The van der Waals surface area contributed by atoms with Gasteiger partial charge in [0.15, 0.2) is 0 Å². The van der Waals surface area contributed by atoms with Crippen molar-refractivity contribution in [3.8, 4) is 11.1 Å². The van der Waals surface area contributed by atoms with Gasteiger partial charge in [-0.1, -0.05) is 66.7 Å². The van der Waals surface area contributed by atoms with Crippen LogP contribution in [-0.4, -0.2) is 35.7 Å². The maximum atomic E-state index is 12.5. The number of carboxylic acids is 1. The van der Waals surface area contributed by atoms with Gasteiger partial charge in [0.1, 0.15) is 12.6 Å². The third-order valence-corrected chi connectivity index (χ3v) is 5.37. The summed E-state index contributed by atoms with van der Waals surface area (Å²) in [5.41, 5.74) is 4.82. The van der Waals surface area contributed by atoms with E-state index in [0.717, 1.165) is 22.3 Å². The van der Waals surface area contributed by atoms with Crippen LogP contribution in [0.15, 0.2) is 78.9 Å². The Labute approximate surface area is 185 Å². The average Bonchev–Trinajstić information content (AvgIpc) is 3.11. The van der Waals surface area contributed by atoms with E-state index in [0.29, 0.717) is 5.69 Å². The summed E-state index contributed by atoms with van der Waals surface area (Å²) >= 11 is 0. The summed E-state index contributed by atoms with van der Waals surface area (Å²) in [6.45, 7) is 0.0694. The van der Waals surface area contributed by atoms with E-state index in [2.05, 4.69) is 10.6 Å². The highest BCUT2D eigenvalue weighted by molar-refractivity contribution is 5.98. The summed E-state index contributed by atoms with van der Waals surface area (Å²) in [6, 6.07) is 23.2. The molecule has 1 aliphatic rings. The Morgan fingerprint density at radius 3 is 2.00 bits per heavy atom. The minimum Gasteiger partial charge on any atom is -0.481 e. The molecule has 162 valence electrons. The molecule has 0 radical (unpaired) electrons. The Bertz CT molecular complexity index is 1100. The molecule has 3 aromatic rings. The standard InChI is InChI=1S/C25H22N2O5/c28-23(29)14-22(24(30)26-16-8-2-1-3-9-16)27-25(31)32-15-21-19-12-6-4-10-17(19)18-11-5-7-13-20(18)21/h1-13,21-22H,14-15H2,(H,26,30)(H,27,31)(H,28,29). The highest BCUT2D eigenvalue weighted by atomic mass is 16.5. The molecule has 1 aliphatic carbocycles. The molecule has 0 saturated carbocycles. The number of aliphatic carboxylic acids is 1. The highest BCUT2D eigenvalue weighted by Gasteiger charge is 2.30. The molecule has 1 atom stereocenters. The van der Waals surface area contributed by atoms with Crippen LogP contribution in [0.4, 0.5) is 10.5 Å². The molecule has 4 rings (SSSR count). The minimum atomic E-state index is -1.27. The number of amides is 2. The molecule has 3 N–H and O–H groups in total. The van der Waals surface area contributed by atoms with Crippen LogP contribution < -0.4 is 10.6 Å². The number of anilines is 1. The first-order valence-electron chi connectivity index (χ1n) is 10.2. The van der Waals surface area contributed by atoms with Gasteiger partial charge in [-0.3, -0.25) is 9.59 Å². The van der Waals surface area contributed by atoms with Gasteiger partial charge in [-0.15, -0.1) is 0 Å². The maximum absolute atomic E-state index is 12.5. The topological polar surface area (TPSA) is 105 Å². The monoisotopic (exact) mass is 430 g/mol. The van der Waals surface area contributed by atoms with Gasteiger partial charge < -0.3 is 20.5 Å². The molecule has 1 unspecified atom stereocenters. The number of hydrogen-bond acceptors (Lipinski definition) is 4. The van der Waals surface area contributed by atoms with E-state index in [-0.39, 0.29) is 12.5 Å². The summed E-state index contributed by atoms with van der Waals surface area (Å²) < 4.78 is 5.43. The lowest BCUT2D eigenvalue weighted by molar-refractivity contribution is -0.139. The number of ether oxygens (including phenoxy) is 1. The molecule has 2 amide bonds. The lowest BCUT2D eigenvalue weighted by atomic mass is 9.98. The Morgan fingerprint density at radius 2 is 1.41 bits per heavy atom. The summed E-state index contributed by atoms with van der Waals surface area (Å²) in [5.74, 6) is -1.98. The van der Waals surface area contributed by atoms with Crippen molar-refractivity contribution in [1.82, 2.24) is 5.32 Å². The van der Waals surface area contributed by atoms with E-state index >= 15 is 0 Å². The Kier molecular flexibility index (Phi) is 6.17. The molecule has 7 heteroatoms. The van der Waals surface area contributed by atoms with E-state index < -0.39 is 30.4 Å². The predicted octanol–water partition coefficient (Wildman–Crippen LogP) is 4.01. The van der Waals surface area contributed by atoms with E-state index in [9.17, 15) is 14.4 Å². The normalized spacial score (nSPS) is 12.9. The van der Waals surface area contributed by atoms with Gasteiger partial charge in [0.05, 0.1) is 6.42 Å². The van der Waals surface area contributed by atoms with Gasteiger partial charge in [0.25, 0.3) is 0 Å². The quantitative estimate of drug-likeness (QED) is 0.525. The van der Waals surface area contributed by atoms with Gasteiger partial charge in [0, 0.05) is 11.6 Å². The van der Waals surface area contributed by atoms with Crippen LogP contribution in [0.25, 0.3) is 11.1 Å². The molecule has 0 aliphatic heterocycles. The van der Waals surface area contributed by atoms with E-state index in [4.69, 9.17) is 9.84 Å². The summed E-state index contributed by atoms with van der Waals surface area (Å²) in [4.78, 5) is 36.2. The van der Waals surface area contributed by atoms with Crippen molar-refractivity contribution in [3.63, 3.8) is 0 Å². The van der Waals surface area contributed by atoms with Gasteiger partial charge in [-0.05, 0) is 34.4 Å². The number of para-hydroxylation sites is 1. The first kappa shape index (κ1) is 21.1. The summed E-state index contributed by atoms with van der Waals surface area (Å²) in [7, 11) is 0. The van der Waals surface area contributed by atoms with Crippen LogP contribution in [0.1, 0.15) is 23.5 Å². The van der Waals surface area contributed by atoms with Crippen molar-refractivity contribution < 1.29 is 24.2 Å². The van der Waals surface area contributed by atoms with Gasteiger partial charge in [-0.25, -0.2) is 4.79 Å². The van der Waals surface area contributed by atoms with Crippen molar-refractivity contribution in [3.05, 3.63) is 90.0 Å². The van der Waals surface area contributed by atoms with Crippen LogP contribution >= 0.6 is 0 Å². The lowest BCUT2D eigenvalue weighted by Gasteiger charge is -2.18. The molecule has 0 fully saturated rings. The molecule has 0 spiro atoms. The van der Waals surface area contributed by atoms with E-state index in [1.54, 1.807) is 30.3 Å². The zero-order valence-electron chi connectivity index (χ0n) is 17.2. The Hall–Kier alpha value is -4.13. The van der Waals surface area contributed by atoms with Crippen molar-refractivity contribution in [2.45, 2.75) is 18.4 Å². The van der Waals surface area contributed by atoms with Crippen molar-refractivity contribution >= 4 is 23.7 Å². The van der Waals surface area contributed by atoms with Crippen molar-refractivity contribution in [2.75, 3.05) is 11.9 Å². The van der Waals surface area contributed by atoms with E-state index in [1.165, 1.54) is 0 Å². The predicted molar refractivity (Wildman–Crippen MR) is 119 cm³/mol. The van der Waals surface area contributed by atoms with Crippen LogP contribution in [0.2, 0.25) is 0 Å². The number of hydrogen-bond donors (Lipinski definition) is 3. The number of nitrogens with one attached hydrogen (secondary N) is 2. The molecule has 0 saturated heterocycles. The summed E-state index contributed by atoms with van der Waals surface area (Å²) in [5, 5.41) is 14.2. The van der Waals surface area contributed by atoms with Crippen LogP contribution in [0.5, 0.6) is 0 Å². The molecule has 7 nitrogen and oxygen atoms in total. The maximum Gasteiger partial charge on any atom is 0.407 e. The average molecular weight is 430 g/mol. The first-order valence-corrected chi connectivity index (χ1v) is 10.2. The van der Waals surface area contributed by atoms with Crippen molar-refractivity contribution in [1.29, 1.82) is 0 Å². The number of carbonyl (C=O) groups excluding carboxylic acids is 2. The zero-order valence-corrected chi connectivity index (χ0v) is 17.2. The number of rotatable bonds is 7. The molecule has 0 heterocycles. The smallest absolute Gasteiger partial charge is 0.407 e.